The molecule has 1 N–H and O–H groups in total. The summed E-state index contributed by atoms with van der Waals surface area (Å²) in [5.74, 6) is -1.12. The first-order valence-electron chi connectivity index (χ1n) is 9.40. The number of fused-ring (bicyclic) bond motifs is 2. The molecule has 1 aliphatic heterocycles. The SMILES string of the molecule is O=C(Nc1ccc2ncccc2c1)c1ccc2c(c1)S(=O)(=O)N(c1ccccc1)C2=O. The van der Waals surface area contributed by atoms with E-state index in [1.807, 2.05) is 6.07 Å². The van der Waals surface area contributed by atoms with Gasteiger partial charge in [0, 0.05) is 22.8 Å². The Hall–Kier alpha value is -4.04. The molecule has 0 atom stereocenters. The normalized spacial score (nSPS) is 14.5. The number of nitrogens with one attached hydrogen (secondary N) is 1. The van der Waals surface area contributed by atoms with Gasteiger partial charge in [-0.25, -0.2) is 8.42 Å². The van der Waals surface area contributed by atoms with E-state index in [1.165, 1.54) is 18.2 Å². The predicted molar refractivity (Wildman–Crippen MR) is 117 cm³/mol. The topological polar surface area (TPSA) is 96.4 Å². The minimum Gasteiger partial charge on any atom is -0.322 e. The van der Waals surface area contributed by atoms with Gasteiger partial charge < -0.3 is 5.32 Å². The highest BCUT2D eigenvalue weighted by molar-refractivity contribution is 7.94. The van der Waals surface area contributed by atoms with E-state index in [0.717, 1.165) is 15.2 Å². The number of carbonyl (C=O) groups excluding carboxylic acids is 2. The highest BCUT2D eigenvalue weighted by atomic mass is 32.2. The number of hydrogen-bond acceptors (Lipinski definition) is 5. The molecule has 152 valence electrons. The van der Waals surface area contributed by atoms with Crippen molar-refractivity contribution in [2.24, 2.45) is 0 Å². The molecule has 0 aliphatic carbocycles. The van der Waals surface area contributed by atoms with Crippen LogP contribution >= 0.6 is 0 Å². The fraction of sp³-hybridized carbons (Fsp3) is 0. The van der Waals surface area contributed by atoms with E-state index in [9.17, 15) is 18.0 Å². The summed E-state index contributed by atoms with van der Waals surface area (Å²) in [7, 11) is -4.11. The van der Waals surface area contributed by atoms with Gasteiger partial charge in [-0.05, 0) is 54.6 Å². The number of benzene rings is 3. The van der Waals surface area contributed by atoms with Gasteiger partial charge in [-0.3, -0.25) is 14.6 Å². The van der Waals surface area contributed by atoms with Gasteiger partial charge in [-0.15, -0.1) is 0 Å². The third kappa shape index (κ3) is 3.13. The Bertz CT molecular complexity index is 1470. The lowest BCUT2D eigenvalue weighted by atomic mass is 10.1. The fourth-order valence-corrected chi connectivity index (χ4v) is 5.17. The summed E-state index contributed by atoms with van der Waals surface area (Å²) in [6.45, 7) is 0. The number of carbonyl (C=O) groups is 2. The van der Waals surface area contributed by atoms with Crippen LogP contribution in [-0.2, 0) is 10.0 Å². The molecule has 4 aromatic rings. The Morgan fingerprint density at radius 1 is 0.903 bits per heavy atom. The number of aromatic nitrogens is 1. The standard InChI is InChI=1S/C23H15N3O4S/c27-22(25-17-9-11-20-15(13-17)5-4-12-24-20)16-8-10-19-21(14-16)31(29,30)26(23(19)28)18-6-2-1-3-7-18/h1-14H,(H,25,27). The molecule has 2 amide bonds. The number of anilines is 2. The zero-order valence-corrected chi connectivity index (χ0v) is 16.8. The monoisotopic (exact) mass is 429 g/mol. The van der Waals surface area contributed by atoms with Crippen LogP contribution in [0.15, 0.2) is 90.0 Å². The minimum atomic E-state index is -4.11. The second-order valence-corrected chi connectivity index (χ2v) is 8.74. The molecule has 3 aromatic carbocycles. The van der Waals surface area contributed by atoms with E-state index >= 15 is 0 Å². The number of hydrogen-bond donors (Lipinski definition) is 1. The zero-order chi connectivity index (χ0) is 21.6. The maximum absolute atomic E-state index is 13.0. The van der Waals surface area contributed by atoms with Crippen molar-refractivity contribution >= 4 is 44.1 Å². The third-order valence-electron chi connectivity index (χ3n) is 5.03. The highest BCUT2D eigenvalue weighted by Gasteiger charge is 2.42. The molecule has 0 fully saturated rings. The second kappa shape index (κ2) is 7.03. The van der Waals surface area contributed by atoms with Gasteiger partial charge in [0.2, 0.25) is 0 Å². The number of rotatable bonds is 3. The molecule has 5 rings (SSSR count). The van der Waals surface area contributed by atoms with Gasteiger partial charge in [0.05, 0.1) is 16.8 Å². The van der Waals surface area contributed by atoms with Crippen molar-refractivity contribution < 1.29 is 18.0 Å². The molecule has 0 saturated carbocycles. The molecule has 0 saturated heterocycles. The van der Waals surface area contributed by atoms with Crippen molar-refractivity contribution in [3.8, 4) is 0 Å². The maximum Gasteiger partial charge on any atom is 0.273 e. The van der Waals surface area contributed by atoms with Crippen LogP contribution in [0.5, 0.6) is 0 Å². The first-order valence-corrected chi connectivity index (χ1v) is 10.8. The smallest absolute Gasteiger partial charge is 0.273 e. The number of sulfonamides is 1. The first kappa shape index (κ1) is 19.0. The number of amides is 2. The molecule has 7 nitrogen and oxygen atoms in total. The van der Waals surface area contributed by atoms with Gasteiger partial charge in [-0.1, -0.05) is 24.3 Å². The molecule has 0 unspecified atom stereocenters. The summed E-state index contributed by atoms with van der Waals surface area (Å²) in [5, 5.41) is 3.62. The van der Waals surface area contributed by atoms with Crippen LogP contribution in [0.4, 0.5) is 11.4 Å². The van der Waals surface area contributed by atoms with Crippen molar-refractivity contribution in [2.75, 3.05) is 9.62 Å². The Kier molecular flexibility index (Phi) is 4.30. The first-order chi connectivity index (χ1) is 14.9. The van der Waals surface area contributed by atoms with E-state index in [2.05, 4.69) is 10.3 Å². The molecule has 8 heteroatoms. The van der Waals surface area contributed by atoms with Crippen LogP contribution in [0.1, 0.15) is 20.7 Å². The van der Waals surface area contributed by atoms with E-state index in [0.29, 0.717) is 5.69 Å². The van der Waals surface area contributed by atoms with Crippen LogP contribution in [0.3, 0.4) is 0 Å². The molecule has 2 heterocycles. The van der Waals surface area contributed by atoms with Gasteiger partial charge in [0.25, 0.3) is 21.8 Å². The van der Waals surface area contributed by atoms with Crippen molar-refractivity contribution in [1.29, 1.82) is 0 Å². The molecule has 1 aliphatic rings. The largest absolute Gasteiger partial charge is 0.322 e. The summed E-state index contributed by atoms with van der Waals surface area (Å²) in [6.07, 6.45) is 1.69. The van der Waals surface area contributed by atoms with Gasteiger partial charge in [-0.2, -0.15) is 4.31 Å². The Morgan fingerprint density at radius 3 is 2.52 bits per heavy atom. The predicted octanol–water partition coefficient (Wildman–Crippen LogP) is 3.84. The van der Waals surface area contributed by atoms with Crippen LogP contribution in [0.2, 0.25) is 0 Å². The van der Waals surface area contributed by atoms with Crippen LogP contribution in [0.25, 0.3) is 10.9 Å². The Labute approximate surface area is 178 Å². The van der Waals surface area contributed by atoms with E-state index in [4.69, 9.17) is 0 Å². The number of pyridine rings is 1. The Morgan fingerprint density at radius 2 is 1.71 bits per heavy atom. The van der Waals surface area contributed by atoms with Crippen molar-refractivity contribution in [2.45, 2.75) is 4.90 Å². The molecule has 1 aromatic heterocycles. The fourth-order valence-electron chi connectivity index (χ4n) is 3.55. The zero-order valence-electron chi connectivity index (χ0n) is 16.0. The lowest BCUT2D eigenvalue weighted by molar-refractivity contribution is 0.100. The molecule has 0 spiro atoms. The van der Waals surface area contributed by atoms with Crippen LogP contribution in [-0.4, -0.2) is 25.2 Å². The summed E-state index contributed by atoms with van der Waals surface area (Å²) < 4.78 is 26.8. The average molecular weight is 429 g/mol. The maximum atomic E-state index is 13.0. The summed E-state index contributed by atoms with van der Waals surface area (Å²) in [4.78, 5) is 29.6. The lowest BCUT2D eigenvalue weighted by Gasteiger charge is -2.14. The van der Waals surface area contributed by atoms with E-state index < -0.39 is 21.8 Å². The quantitative estimate of drug-likeness (QED) is 0.534. The van der Waals surface area contributed by atoms with Crippen LogP contribution < -0.4 is 9.62 Å². The molecular weight excluding hydrogens is 414 g/mol. The molecular formula is C23H15N3O4S. The highest BCUT2D eigenvalue weighted by Crippen LogP contribution is 2.35. The second-order valence-electron chi connectivity index (χ2n) is 6.99. The van der Waals surface area contributed by atoms with E-state index in [1.54, 1.807) is 60.8 Å². The van der Waals surface area contributed by atoms with Crippen LogP contribution in [0, 0.1) is 0 Å². The molecule has 0 bridgehead atoms. The molecule has 0 radical (unpaired) electrons. The number of para-hydroxylation sites is 1. The van der Waals surface area contributed by atoms with Crippen molar-refractivity contribution in [3.05, 3.63) is 96.2 Å². The van der Waals surface area contributed by atoms with Gasteiger partial charge in [0.1, 0.15) is 4.90 Å². The lowest BCUT2D eigenvalue weighted by Crippen LogP contribution is -2.29. The number of nitrogens with zero attached hydrogens (tertiary/aromatic N) is 2. The van der Waals surface area contributed by atoms with Crippen molar-refractivity contribution in [3.63, 3.8) is 0 Å². The third-order valence-corrected chi connectivity index (χ3v) is 6.78. The van der Waals surface area contributed by atoms with Gasteiger partial charge in [0.15, 0.2) is 0 Å². The summed E-state index contributed by atoms with van der Waals surface area (Å²) >= 11 is 0. The van der Waals surface area contributed by atoms with Crippen molar-refractivity contribution in [1.82, 2.24) is 4.98 Å². The average Bonchev–Trinajstić information content (AvgIpc) is 2.99. The van der Waals surface area contributed by atoms with Gasteiger partial charge >= 0.3 is 0 Å². The molecule has 31 heavy (non-hydrogen) atoms. The summed E-state index contributed by atoms with van der Waals surface area (Å²) in [5.41, 5.74) is 1.77. The Balaban J connectivity index is 1.48. The van der Waals surface area contributed by atoms with E-state index in [-0.39, 0.29) is 21.7 Å². The minimum absolute atomic E-state index is 0.0391. The summed E-state index contributed by atoms with van der Waals surface area (Å²) in [6, 6.07) is 21.1.